The highest BCUT2D eigenvalue weighted by molar-refractivity contribution is 9.10. The molecule has 25 heavy (non-hydrogen) atoms. The van der Waals surface area contributed by atoms with E-state index >= 15 is 0 Å². The molecule has 1 amide bonds. The van der Waals surface area contributed by atoms with Crippen LogP contribution < -0.4 is 10.9 Å². The summed E-state index contributed by atoms with van der Waals surface area (Å²) in [4.78, 5) is 37.6. The number of nitrogens with one attached hydrogen (secondary N) is 2. The number of thiophene rings is 1. The number of aromatic nitrogens is 3. The molecule has 2 N–H and O–H groups in total. The Balaban J connectivity index is 1.72. The predicted octanol–water partition coefficient (Wildman–Crippen LogP) is 3.64. The van der Waals surface area contributed by atoms with Crippen LogP contribution in [0.1, 0.15) is 28.2 Å². The first-order valence-electron chi connectivity index (χ1n) is 7.76. The van der Waals surface area contributed by atoms with Crippen LogP contribution in [0.5, 0.6) is 0 Å². The van der Waals surface area contributed by atoms with Crippen molar-refractivity contribution < 1.29 is 4.79 Å². The lowest BCUT2D eigenvalue weighted by Crippen LogP contribution is -2.16. The quantitative estimate of drug-likeness (QED) is 0.630. The Morgan fingerprint density at radius 1 is 1.36 bits per heavy atom. The average molecular weight is 421 g/mol. The maximum Gasteiger partial charge on any atom is 0.259 e. The van der Waals surface area contributed by atoms with Gasteiger partial charge in [0, 0.05) is 17.7 Å². The number of aryl methyl sites for hydroxylation is 4. The summed E-state index contributed by atoms with van der Waals surface area (Å²) in [6.07, 6.45) is 2.21. The normalized spacial score (nSPS) is 11.0. The fraction of sp³-hybridized carbons (Fsp3) is 0.294. The van der Waals surface area contributed by atoms with Gasteiger partial charge in [-0.25, -0.2) is 9.97 Å². The zero-order chi connectivity index (χ0) is 18.1. The molecule has 3 rings (SSSR count). The molecule has 0 fully saturated rings. The van der Waals surface area contributed by atoms with Gasteiger partial charge in [0.15, 0.2) is 0 Å². The third kappa shape index (κ3) is 3.80. The van der Waals surface area contributed by atoms with Crippen LogP contribution in [0.3, 0.4) is 0 Å². The summed E-state index contributed by atoms with van der Waals surface area (Å²) >= 11 is 4.80. The SMILES string of the molecule is Cc1cc(Br)ncc1NC(=O)CCc1nc2sc(C)c(C)c2c(=O)[nH]1. The van der Waals surface area contributed by atoms with E-state index in [2.05, 4.69) is 36.2 Å². The number of pyridine rings is 1. The van der Waals surface area contributed by atoms with Crippen LogP contribution in [0, 0.1) is 20.8 Å². The lowest BCUT2D eigenvalue weighted by Gasteiger charge is -2.08. The Kier molecular flexibility index (Phi) is 5.01. The predicted molar refractivity (Wildman–Crippen MR) is 103 cm³/mol. The highest BCUT2D eigenvalue weighted by atomic mass is 79.9. The topological polar surface area (TPSA) is 87.7 Å². The fourth-order valence-corrected chi connectivity index (χ4v) is 4.01. The van der Waals surface area contributed by atoms with Crippen molar-refractivity contribution in [1.29, 1.82) is 0 Å². The van der Waals surface area contributed by atoms with E-state index in [4.69, 9.17) is 0 Å². The largest absolute Gasteiger partial charge is 0.324 e. The minimum Gasteiger partial charge on any atom is -0.324 e. The zero-order valence-electron chi connectivity index (χ0n) is 14.1. The van der Waals surface area contributed by atoms with Crippen LogP contribution >= 0.6 is 27.3 Å². The highest BCUT2D eigenvalue weighted by Crippen LogP contribution is 2.25. The second-order valence-corrected chi connectivity index (χ2v) is 7.86. The summed E-state index contributed by atoms with van der Waals surface area (Å²) in [7, 11) is 0. The molecule has 0 aliphatic heterocycles. The van der Waals surface area contributed by atoms with Gasteiger partial charge in [0.1, 0.15) is 15.3 Å². The van der Waals surface area contributed by atoms with Crippen LogP contribution in [0.4, 0.5) is 5.69 Å². The van der Waals surface area contributed by atoms with E-state index < -0.39 is 0 Å². The molecule has 8 heteroatoms. The summed E-state index contributed by atoms with van der Waals surface area (Å²) in [6, 6.07) is 1.84. The van der Waals surface area contributed by atoms with E-state index in [1.165, 1.54) is 11.3 Å². The number of anilines is 1. The molecule has 0 radical (unpaired) electrons. The van der Waals surface area contributed by atoms with Gasteiger partial charge in [-0.3, -0.25) is 9.59 Å². The second-order valence-electron chi connectivity index (χ2n) is 5.85. The molecule has 0 atom stereocenters. The fourth-order valence-electron chi connectivity index (χ4n) is 2.51. The van der Waals surface area contributed by atoms with Gasteiger partial charge in [0.05, 0.1) is 17.3 Å². The first-order valence-corrected chi connectivity index (χ1v) is 9.37. The number of halogens is 1. The van der Waals surface area contributed by atoms with Crippen molar-refractivity contribution in [3.05, 3.63) is 49.0 Å². The molecule has 3 heterocycles. The van der Waals surface area contributed by atoms with E-state index in [1.807, 2.05) is 26.8 Å². The molecule has 130 valence electrons. The van der Waals surface area contributed by atoms with Crippen molar-refractivity contribution in [3.8, 4) is 0 Å². The maximum atomic E-state index is 12.2. The Bertz CT molecular complexity index is 1030. The molecule has 3 aromatic rings. The number of hydrogen-bond donors (Lipinski definition) is 2. The van der Waals surface area contributed by atoms with Crippen molar-refractivity contribution in [2.45, 2.75) is 33.6 Å². The van der Waals surface area contributed by atoms with E-state index in [-0.39, 0.29) is 17.9 Å². The van der Waals surface area contributed by atoms with Gasteiger partial charge in [-0.15, -0.1) is 11.3 Å². The van der Waals surface area contributed by atoms with Crippen LogP contribution in [0.2, 0.25) is 0 Å². The minimum atomic E-state index is -0.145. The van der Waals surface area contributed by atoms with Gasteiger partial charge in [0.25, 0.3) is 5.56 Å². The van der Waals surface area contributed by atoms with Gasteiger partial charge in [-0.1, -0.05) is 0 Å². The third-order valence-electron chi connectivity index (χ3n) is 4.03. The van der Waals surface area contributed by atoms with Crippen LogP contribution in [0.25, 0.3) is 10.2 Å². The van der Waals surface area contributed by atoms with Crippen molar-refractivity contribution in [2.24, 2.45) is 0 Å². The number of aromatic amines is 1. The molecule has 0 aromatic carbocycles. The summed E-state index contributed by atoms with van der Waals surface area (Å²) in [6.45, 7) is 5.80. The molecular formula is C17H17BrN4O2S. The third-order valence-corrected chi connectivity index (χ3v) is 5.56. The van der Waals surface area contributed by atoms with Gasteiger partial charge < -0.3 is 10.3 Å². The van der Waals surface area contributed by atoms with Crippen molar-refractivity contribution >= 4 is 49.1 Å². The van der Waals surface area contributed by atoms with Gasteiger partial charge >= 0.3 is 0 Å². The Labute approximate surface area is 156 Å². The number of nitrogens with zero attached hydrogens (tertiary/aromatic N) is 2. The zero-order valence-corrected chi connectivity index (χ0v) is 16.5. The number of carbonyl (C=O) groups excluding carboxylic acids is 1. The Hall–Kier alpha value is -2.06. The summed E-state index contributed by atoms with van der Waals surface area (Å²) in [5.41, 5.74) is 2.42. The van der Waals surface area contributed by atoms with E-state index in [0.29, 0.717) is 23.3 Å². The number of amides is 1. The molecule has 3 aromatic heterocycles. The van der Waals surface area contributed by atoms with Crippen molar-refractivity contribution in [1.82, 2.24) is 15.0 Å². The van der Waals surface area contributed by atoms with Gasteiger partial charge in [-0.05, 0) is 53.9 Å². The summed E-state index contributed by atoms with van der Waals surface area (Å²) < 4.78 is 0.722. The smallest absolute Gasteiger partial charge is 0.259 e. The number of H-pyrrole nitrogens is 1. The monoisotopic (exact) mass is 420 g/mol. The number of carbonyl (C=O) groups is 1. The lowest BCUT2D eigenvalue weighted by molar-refractivity contribution is -0.116. The lowest BCUT2D eigenvalue weighted by atomic mass is 10.2. The summed E-state index contributed by atoms with van der Waals surface area (Å²) in [5, 5.41) is 3.48. The Morgan fingerprint density at radius 3 is 2.84 bits per heavy atom. The molecule has 0 unspecified atom stereocenters. The molecule has 0 bridgehead atoms. The molecule has 0 aliphatic carbocycles. The van der Waals surface area contributed by atoms with Crippen LogP contribution in [-0.4, -0.2) is 20.9 Å². The maximum absolute atomic E-state index is 12.2. The molecule has 6 nitrogen and oxygen atoms in total. The first kappa shape index (κ1) is 17.8. The second kappa shape index (κ2) is 7.05. The standard InChI is InChI=1S/C17H17BrN4O2S/c1-8-6-12(18)19-7-11(8)20-14(23)5-4-13-21-16(24)15-9(2)10(3)25-17(15)22-13/h6-7H,4-5H2,1-3H3,(H,20,23)(H,21,22,24). The molecule has 0 spiro atoms. The molecular weight excluding hydrogens is 404 g/mol. The minimum absolute atomic E-state index is 0.143. The molecule has 0 aliphatic rings. The highest BCUT2D eigenvalue weighted by Gasteiger charge is 2.13. The van der Waals surface area contributed by atoms with E-state index in [9.17, 15) is 9.59 Å². The van der Waals surface area contributed by atoms with Gasteiger partial charge in [-0.2, -0.15) is 0 Å². The van der Waals surface area contributed by atoms with Crippen molar-refractivity contribution in [2.75, 3.05) is 5.32 Å². The van der Waals surface area contributed by atoms with E-state index in [0.717, 1.165) is 25.4 Å². The van der Waals surface area contributed by atoms with E-state index in [1.54, 1.807) is 6.20 Å². The molecule has 0 saturated carbocycles. The number of hydrogen-bond acceptors (Lipinski definition) is 5. The van der Waals surface area contributed by atoms with Crippen molar-refractivity contribution in [3.63, 3.8) is 0 Å². The van der Waals surface area contributed by atoms with Crippen LogP contribution in [0.15, 0.2) is 21.7 Å². The average Bonchev–Trinajstić information content (AvgIpc) is 2.83. The first-order chi connectivity index (χ1) is 11.8. The van der Waals surface area contributed by atoms with Gasteiger partial charge in [0.2, 0.25) is 5.91 Å². The molecule has 0 saturated heterocycles. The van der Waals surface area contributed by atoms with Crippen LogP contribution in [-0.2, 0) is 11.2 Å². The summed E-state index contributed by atoms with van der Waals surface area (Å²) in [5.74, 6) is 0.382. The Morgan fingerprint density at radius 2 is 2.12 bits per heavy atom. The number of rotatable bonds is 4. The number of fused-ring (bicyclic) bond motifs is 1.